The molecule has 2 heterocycles. The Kier molecular flexibility index (Phi) is 3.34. The molecule has 114 valence electrons. The molecule has 23 heavy (non-hydrogen) atoms. The largest absolute Gasteiger partial charge is 0.318 e. The normalized spacial score (nSPS) is 13.7. The third-order valence-corrected chi connectivity index (χ3v) is 3.79. The Hall–Kier alpha value is -3.02. The number of rotatable bonds is 4. The average Bonchev–Trinajstić information content (AvgIpc) is 3.33. The number of hydrogen-bond acceptors (Lipinski definition) is 4. The lowest BCUT2D eigenvalue weighted by Crippen LogP contribution is -2.12. The minimum absolute atomic E-state index is 0.260. The minimum atomic E-state index is -0.260. The van der Waals surface area contributed by atoms with Crippen LogP contribution in [-0.4, -0.2) is 26.1 Å². The molecule has 1 aliphatic carbocycles. The minimum Gasteiger partial charge on any atom is -0.318 e. The zero-order chi connectivity index (χ0) is 15.6. The summed E-state index contributed by atoms with van der Waals surface area (Å²) in [6.07, 6.45) is 5.53. The van der Waals surface area contributed by atoms with Gasteiger partial charge >= 0.3 is 0 Å². The molecule has 6 nitrogen and oxygen atoms in total. The van der Waals surface area contributed by atoms with Crippen LogP contribution in [0.15, 0.2) is 48.8 Å². The van der Waals surface area contributed by atoms with E-state index >= 15 is 0 Å². The number of carbonyl (C=O) groups excluding carboxylic acids is 1. The number of amides is 1. The van der Waals surface area contributed by atoms with Crippen LogP contribution in [0.25, 0.3) is 11.4 Å². The third-order valence-electron chi connectivity index (χ3n) is 3.79. The summed E-state index contributed by atoms with van der Waals surface area (Å²) in [7, 11) is 0. The third kappa shape index (κ3) is 2.96. The molecular formula is C17H15N5O. The van der Waals surface area contributed by atoms with Crippen molar-refractivity contribution in [3.8, 4) is 11.4 Å². The Balaban J connectivity index is 1.46. The average molecular weight is 305 g/mol. The molecule has 1 fully saturated rings. The summed E-state index contributed by atoms with van der Waals surface area (Å²) in [6, 6.07) is 11.5. The number of aromatic nitrogens is 4. The van der Waals surface area contributed by atoms with Crippen molar-refractivity contribution in [2.75, 3.05) is 5.32 Å². The van der Waals surface area contributed by atoms with E-state index in [2.05, 4.69) is 25.5 Å². The van der Waals surface area contributed by atoms with Crippen molar-refractivity contribution in [3.05, 3.63) is 60.2 Å². The summed E-state index contributed by atoms with van der Waals surface area (Å²) in [4.78, 5) is 20.7. The molecule has 6 heteroatoms. The van der Waals surface area contributed by atoms with Gasteiger partial charge in [-0.3, -0.25) is 9.89 Å². The molecule has 0 unspecified atom stereocenters. The van der Waals surface area contributed by atoms with E-state index in [0.29, 0.717) is 23.1 Å². The number of anilines is 1. The van der Waals surface area contributed by atoms with Crippen LogP contribution >= 0.6 is 0 Å². The van der Waals surface area contributed by atoms with Gasteiger partial charge in [-0.25, -0.2) is 9.97 Å². The van der Waals surface area contributed by atoms with Gasteiger partial charge in [-0.05, 0) is 18.9 Å². The number of nitrogens with zero attached hydrogens (tertiary/aromatic N) is 3. The monoisotopic (exact) mass is 305 g/mol. The molecule has 3 aromatic rings. The summed E-state index contributed by atoms with van der Waals surface area (Å²) < 4.78 is 0. The van der Waals surface area contributed by atoms with E-state index in [1.165, 1.54) is 0 Å². The lowest BCUT2D eigenvalue weighted by atomic mass is 10.2. The summed E-state index contributed by atoms with van der Waals surface area (Å²) in [5.74, 6) is 0.904. The second-order valence-electron chi connectivity index (χ2n) is 5.60. The first-order valence-electron chi connectivity index (χ1n) is 7.54. The summed E-state index contributed by atoms with van der Waals surface area (Å²) >= 11 is 0. The van der Waals surface area contributed by atoms with E-state index in [1.807, 2.05) is 36.4 Å². The highest BCUT2D eigenvalue weighted by Gasteiger charge is 2.26. The molecule has 1 saturated carbocycles. The highest BCUT2D eigenvalue weighted by molar-refractivity contribution is 6.02. The predicted octanol–water partition coefficient (Wildman–Crippen LogP) is 3.00. The molecule has 4 rings (SSSR count). The zero-order valence-corrected chi connectivity index (χ0v) is 12.4. The Labute approximate surface area is 133 Å². The van der Waals surface area contributed by atoms with E-state index in [1.54, 1.807) is 12.4 Å². The lowest BCUT2D eigenvalue weighted by molar-refractivity contribution is 0.102. The SMILES string of the molecule is O=C(Nc1cnc(-c2ccccc2)nc1)c1cc(C2CC2)[nH]n1. The van der Waals surface area contributed by atoms with Crippen LogP contribution in [0.5, 0.6) is 0 Å². The lowest BCUT2D eigenvalue weighted by Gasteiger charge is -2.03. The molecule has 0 saturated heterocycles. The van der Waals surface area contributed by atoms with Crippen molar-refractivity contribution in [1.29, 1.82) is 0 Å². The molecule has 1 aliphatic rings. The van der Waals surface area contributed by atoms with Gasteiger partial charge in [0.2, 0.25) is 0 Å². The van der Waals surface area contributed by atoms with Crippen LogP contribution in [0, 0.1) is 0 Å². The van der Waals surface area contributed by atoms with Crippen LogP contribution in [0.1, 0.15) is 34.9 Å². The van der Waals surface area contributed by atoms with Crippen molar-refractivity contribution in [2.45, 2.75) is 18.8 Å². The van der Waals surface area contributed by atoms with Crippen LogP contribution in [0.4, 0.5) is 5.69 Å². The highest BCUT2D eigenvalue weighted by Crippen LogP contribution is 2.39. The second-order valence-corrected chi connectivity index (χ2v) is 5.60. The van der Waals surface area contributed by atoms with Gasteiger partial charge in [0.15, 0.2) is 11.5 Å². The molecule has 0 spiro atoms. The van der Waals surface area contributed by atoms with Crippen LogP contribution in [-0.2, 0) is 0 Å². The zero-order valence-electron chi connectivity index (χ0n) is 12.4. The fourth-order valence-electron chi connectivity index (χ4n) is 2.38. The fourth-order valence-corrected chi connectivity index (χ4v) is 2.38. The van der Waals surface area contributed by atoms with Gasteiger partial charge in [-0.1, -0.05) is 30.3 Å². The number of aromatic amines is 1. The fraction of sp³-hybridized carbons (Fsp3) is 0.176. The van der Waals surface area contributed by atoms with Crippen molar-refractivity contribution in [1.82, 2.24) is 20.2 Å². The van der Waals surface area contributed by atoms with Crippen molar-refractivity contribution in [3.63, 3.8) is 0 Å². The maximum absolute atomic E-state index is 12.2. The smallest absolute Gasteiger partial charge is 0.276 e. The molecule has 1 aromatic carbocycles. The Morgan fingerprint density at radius 3 is 2.57 bits per heavy atom. The van der Waals surface area contributed by atoms with E-state index < -0.39 is 0 Å². The topological polar surface area (TPSA) is 83.6 Å². The maximum Gasteiger partial charge on any atom is 0.276 e. The Bertz CT molecular complexity index is 822. The van der Waals surface area contributed by atoms with Gasteiger partial charge in [-0.15, -0.1) is 0 Å². The number of carbonyl (C=O) groups is 1. The molecule has 2 N–H and O–H groups in total. The molecule has 0 atom stereocenters. The highest BCUT2D eigenvalue weighted by atomic mass is 16.1. The van der Waals surface area contributed by atoms with E-state index in [9.17, 15) is 4.79 Å². The number of H-pyrrole nitrogens is 1. The van der Waals surface area contributed by atoms with Gasteiger partial charge in [0.05, 0.1) is 18.1 Å². The van der Waals surface area contributed by atoms with Crippen molar-refractivity contribution in [2.24, 2.45) is 0 Å². The first-order chi connectivity index (χ1) is 11.3. The predicted molar refractivity (Wildman–Crippen MR) is 86.0 cm³/mol. The molecule has 1 amide bonds. The Morgan fingerprint density at radius 2 is 1.87 bits per heavy atom. The van der Waals surface area contributed by atoms with Gasteiger partial charge in [0, 0.05) is 17.2 Å². The molecule has 0 bridgehead atoms. The summed E-state index contributed by atoms with van der Waals surface area (Å²) in [6.45, 7) is 0. The number of hydrogen-bond donors (Lipinski definition) is 2. The van der Waals surface area contributed by atoms with Gasteiger partial charge in [0.1, 0.15) is 0 Å². The van der Waals surface area contributed by atoms with E-state index in [4.69, 9.17) is 0 Å². The first kappa shape index (κ1) is 13.6. The van der Waals surface area contributed by atoms with Crippen LogP contribution in [0.3, 0.4) is 0 Å². The van der Waals surface area contributed by atoms with E-state index in [0.717, 1.165) is 24.1 Å². The van der Waals surface area contributed by atoms with Gasteiger partial charge in [-0.2, -0.15) is 5.10 Å². The molecule has 0 radical (unpaired) electrons. The first-order valence-corrected chi connectivity index (χ1v) is 7.54. The van der Waals surface area contributed by atoms with Crippen molar-refractivity contribution >= 4 is 11.6 Å². The Morgan fingerprint density at radius 1 is 1.13 bits per heavy atom. The summed E-state index contributed by atoms with van der Waals surface area (Å²) in [5.41, 5.74) is 2.90. The van der Waals surface area contributed by atoms with Crippen LogP contribution < -0.4 is 5.32 Å². The molecular weight excluding hydrogens is 290 g/mol. The van der Waals surface area contributed by atoms with Crippen molar-refractivity contribution < 1.29 is 4.79 Å². The second kappa shape index (κ2) is 5.64. The number of benzene rings is 1. The van der Waals surface area contributed by atoms with Gasteiger partial charge in [0.25, 0.3) is 5.91 Å². The number of nitrogens with one attached hydrogen (secondary N) is 2. The molecule has 2 aromatic heterocycles. The summed E-state index contributed by atoms with van der Waals surface area (Å²) in [5, 5.41) is 9.75. The molecule has 0 aliphatic heterocycles. The van der Waals surface area contributed by atoms with Crippen LogP contribution in [0.2, 0.25) is 0 Å². The quantitative estimate of drug-likeness (QED) is 0.776. The standard InChI is InChI=1S/C17H15N5O/c23-17(15-8-14(21-22-15)11-6-7-11)20-13-9-18-16(19-10-13)12-4-2-1-3-5-12/h1-5,8-11H,6-7H2,(H,20,23)(H,21,22). The van der Waals surface area contributed by atoms with E-state index in [-0.39, 0.29) is 5.91 Å². The van der Waals surface area contributed by atoms with Gasteiger partial charge < -0.3 is 5.32 Å². The maximum atomic E-state index is 12.2.